The normalized spacial score (nSPS) is 10.9. The molecule has 4 aromatic rings. The van der Waals surface area contributed by atoms with E-state index in [9.17, 15) is 4.39 Å². The second-order valence-electron chi connectivity index (χ2n) is 6.15. The van der Waals surface area contributed by atoms with Gasteiger partial charge in [-0.3, -0.25) is 9.78 Å². The van der Waals surface area contributed by atoms with Crippen molar-refractivity contribution in [3.8, 4) is 34.1 Å². The van der Waals surface area contributed by atoms with Crippen molar-refractivity contribution in [2.45, 2.75) is 13.0 Å². The Bertz CT molecular complexity index is 1040. The predicted octanol–water partition coefficient (Wildman–Crippen LogP) is 3.65. The SMILES string of the molecule is OCCCn1ccc(-c2ccc(Oc3ncc(-c4ccn[nH]4)cc3F)cc2)n1. The highest BCUT2D eigenvalue weighted by Crippen LogP contribution is 2.27. The summed E-state index contributed by atoms with van der Waals surface area (Å²) in [5.41, 5.74) is 3.01. The Morgan fingerprint density at radius 1 is 1.11 bits per heavy atom. The van der Waals surface area contributed by atoms with Gasteiger partial charge in [-0.25, -0.2) is 9.37 Å². The third-order valence-electron chi connectivity index (χ3n) is 4.17. The second kappa shape index (κ2) is 8.01. The van der Waals surface area contributed by atoms with Crippen LogP contribution in [-0.4, -0.2) is 36.7 Å². The molecule has 0 radical (unpaired) electrons. The summed E-state index contributed by atoms with van der Waals surface area (Å²) in [6.07, 6.45) is 5.65. The maximum absolute atomic E-state index is 14.3. The van der Waals surface area contributed by atoms with E-state index < -0.39 is 5.82 Å². The highest BCUT2D eigenvalue weighted by Gasteiger charge is 2.10. The number of pyridine rings is 1. The summed E-state index contributed by atoms with van der Waals surface area (Å²) >= 11 is 0. The van der Waals surface area contributed by atoms with Crippen molar-refractivity contribution in [3.63, 3.8) is 0 Å². The molecule has 7 nitrogen and oxygen atoms in total. The van der Waals surface area contributed by atoms with Gasteiger partial charge in [-0.2, -0.15) is 10.2 Å². The molecule has 3 aromatic heterocycles. The molecular weight excluding hydrogens is 361 g/mol. The molecule has 0 aliphatic rings. The number of hydrogen-bond donors (Lipinski definition) is 2. The summed E-state index contributed by atoms with van der Waals surface area (Å²) in [6.45, 7) is 0.797. The molecule has 0 saturated heterocycles. The third-order valence-corrected chi connectivity index (χ3v) is 4.17. The van der Waals surface area contributed by atoms with Gasteiger partial charge >= 0.3 is 0 Å². The van der Waals surface area contributed by atoms with E-state index in [0.29, 0.717) is 30.0 Å². The molecule has 4 rings (SSSR count). The zero-order valence-electron chi connectivity index (χ0n) is 14.9. The number of benzene rings is 1. The summed E-state index contributed by atoms with van der Waals surface area (Å²) in [7, 11) is 0. The van der Waals surface area contributed by atoms with E-state index in [2.05, 4.69) is 20.3 Å². The first-order chi connectivity index (χ1) is 13.7. The van der Waals surface area contributed by atoms with E-state index >= 15 is 0 Å². The zero-order chi connectivity index (χ0) is 19.3. The first kappa shape index (κ1) is 17.9. The monoisotopic (exact) mass is 379 g/mol. The van der Waals surface area contributed by atoms with Crippen molar-refractivity contribution in [3.05, 3.63) is 66.9 Å². The van der Waals surface area contributed by atoms with Crippen LogP contribution >= 0.6 is 0 Å². The molecular formula is C20H18FN5O2. The fourth-order valence-corrected chi connectivity index (χ4v) is 2.74. The number of aromatic nitrogens is 5. The van der Waals surface area contributed by atoms with Gasteiger partial charge in [0.1, 0.15) is 5.75 Å². The van der Waals surface area contributed by atoms with Crippen molar-refractivity contribution >= 4 is 0 Å². The largest absolute Gasteiger partial charge is 0.436 e. The highest BCUT2D eigenvalue weighted by molar-refractivity contribution is 5.60. The molecule has 1 aromatic carbocycles. The molecule has 2 N–H and O–H groups in total. The summed E-state index contributed by atoms with van der Waals surface area (Å²) in [5, 5.41) is 20.0. The summed E-state index contributed by atoms with van der Waals surface area (Å²) < 4.78 is 21.7. The van der Waals surface area contributed by atoms with Crippen molar-refractivity contribution in [1.82, 2.24) is 25.0 Å². The molecule has 0 amide bonds. The van der Waals surface area contributed by atoms with E-state index in [-0.39, 0.29) is 12.5 Å². The van der Waals surface area contributed by atoms with Crippen molar-refractivity contribution in [2.24, 2.45) is 0 Å². The van der Waals surface area contributed by atoms with Crippen LogP contribution in [0.15, 0.2) is 61.1 Å². The van der Waals surface area contributed by atoms with Crippen LogP contribution in [0.3, 0.4) is 0 Å². The Balaban J connectivity index is 1.46. The van der Waals surface area contributed by atoms with E-state index in [1.165, 1.54) is 12.3 Å². The number of aliphatic hydroxyl groups is 1. The van der Waals surface area contributed by atoms with Gasteiger partial charge < -0.3 is 9.84 Å². The Hall–Kier alpha value is -3.52. The smallest absolute Gasteiger partial charge is 0.255 e. The molecule has 0 saturated carbocycles. The standard InChI is InChI=1S/C20H18FN5O2/c21-17-12-15(18-6-8-23-24-18)13-22-20(17)28-16-4-2-14(3-5-16)19-7-10-26(25-19)9-1-11-27/h2-8,10,12-13,27H,1,9,11H2,(H,23,24). The molecule has 0 aliphatic heterocycles. The Morgan fingerprint density at radius 3 is 2.68 bits per heavy atom. The van der Waals surface area contributed by atoms with Gasteiger partial charge in [0.2, 0.25) is 0 Å². The molecule has 3 heterocycles. The molecule has 0 unspecified atom stereocenters. The Morgan fingerprint density at radius 2 is 1.96 bits per heavy atom. The highest BCUT2D eigenvalue weighted by atomic mass is 19.1. The van der Waals surface area contributed by atoms with Gasteiger partial charge in [0.05, 0.1) is 11.4 Å². The van der Waals surface area contributed by atoms with Crippen LogP contribution in [-0.2, 0) is 6.54 Å². The van der Waals surface area contributed by atoms with E-state index in [1.807, 2.05) is 24.4 Å². The Labute approximate surface area is 160 Å². The van der Waals surface area contributed by atoms with Crippen LogP contribution in [0.4, 0.5) is 4.39 Å². The quantitative estimate of drug-likeness (QED) is 0.512. The molecule has 0 atom stereocenters. The van der Waals surface area contributed by atoms with E-state index in [4.69, 9.17) is 9.84 Å². The van der Waals surface area contributed by atoms with Crippen LogP contribution in [0.25, 0.3) is 22.5 Å². The van der Waals surface area contributed by atoms with Gasteiger partial charge in [0.25, 0.3) is 5.88 Å². The lowest BCUT2D eigenvalue weighted by molar-refractivity contribution is 0.277. The first-order valence-corrected chi connectivity index (χ1v) is 8.81. The van der Waals surface area contributed by atoms with E-state index in [1.54, 1.807) is 29.1 Å². The number of ether oxygens (including phenoxy) is 1. The van der Waals surface area contributed by atoms with Crippen LogP contribution in [0.2, 0.25) is 0 Å². The summed E-state index contributed by atoms with van der Waals surface area (Å²) in [4.78, 5) is 4.06. The van der Waals surface area contributed by atoms with Crippen LogP contribution < -0.4 is 4.74 Å². The molecule has 0 aliphatic carbocycles. The number of aliphatic hydroxyl groups excluding tert-OH is 1. The van der Waals surface area contributed by atoms with Gasteiger partial charge in [-0.05, 0) is 48.9 Å². The summed E-state index contributed by atoms with van der Waals surface area (Å²) in [6, 6.07) is 12.2. The van der Waals surface area contributed by atoms with Crippen LogP contribution in [0.5, 0.6) is 11.6 Å². The number of rotatable bonds is 7. The van der Waals surface area contributed by atoms with Crippen molar-refractivity contribution < 1.29 is 14.2 Å². The molecule has 8 heteroatoms. The fraction of sp³-hybridized carbons (Fsp3) is 0.150. The second-order valence-corrected chi connectivity index (χ2v) is 6.15. The van der Waals surface area contributed by atoms with Gasteiger partial charge in [0, 0.05) is 42.9 Å². The van der Waals surface area contributed by atoms with E-state index in [0.717, 1.165) is 11.3 Å². The lowest BCUT2D eigenvalue weighted by Gasteiger charge is -2.07. The number of nitrogens with zero attached hydrogens (tertiary/aromatic N) is 4. The minimum atomic E-state index is -0.557. The number of hydrogen-bond acceptors (Lipinski definition) is 5. The van der Waals surface area contributed by atoms with Crippen molar-refractivity contribution in [2.75, 3.05) is 6.61 Å². The maximum Gasteiger partial charge on any atom is 0.255 e. The summed E-state index contributed by atoms with van der Waals surface area (Å²) in [5.74, 6) is -0.174. The fourth-order valence-electron chi connectivity index (χ4n) is 2.74. The number of nitrogens with one attached hydrogen (secondary N) is 1. The van der Waals surface area contributed by atoms with Gasteiger partial charge in [-0.15, -0.1) is 0 Å². The molecule has 0 bridgehead atoms. The molecule has 142 valence electrons. The Kier molecular flexibility index (Phi) is 5.11. The third kappa shape index (κ3) is 3.91. The lowest BCUT2D eigenvalue weighted by atomic mass is 10.1. The number of halogens is 1. The number of aromatic amines is 1. The predicted molar refractivity (Wildman–Crippen MR) is 101 cm³/mol. The topological polar surface area (TPSA) is 88.9 Å². The van der Waals surface area contributed by atoms with Gasteiger partial charge in [-0.1, -0.05) is 0 Å². The number of H-pyrrole nitrogens is 1. The van der Waals surface area contributed by atoms with Crippen LogP contribution in [0.1, 0.15) is 6.42 Å². The molecule has 28 heavy (non-hydrogen) atoms. The molecule has 0 spiro atoms. The average molecular weight is 379 g/mol. The maximum atomic E-state index is 14.3. The lowest BCUT2D eigenvalue weighted by Crippen LogP contribution is -2.00. The van der Waals surface area contributed by atoms with Gasteiger partial charge in [0.15, 0.2) is 5.82 Å². The number of aryl methyl sites for hydroxylation is 1. The molecule has 0 fully saturated rings. The first-order valence-electron chi connectivity index (χ1n) is 8.81. The van der Waals surface area contributed by atoms with Crippen LogP contribution in [0, 0.1) is 5.82 Å². The van der Waals surface area contributed by atoms with Crippen molar-refractivity contribution in [1.29, 1.82) is 0 Å². The average Bonchev–Trinajstić information content (AvgIpc) is 3.41. The minimum absolute atomic E-state index is 0.0932. The minimum Gasteiger partial charge on any atom is -0.436 e. The zero-order valence-corrected chi connectivity index (χ0v) is 14.9.